The van der Waals surface area contributed by atoms with Gasteiger partial charge in [-0.25, -0.2) is 0 Å². The van der Waals surface area contributed by atoms with Gasteiger partial charge in [-0.1, -0.05) is 0 Å². The van der Waals surface area contributed by atoms with Crippen LogP contribution in [0, 0.1) is 0 Å². The molecule has 0 aromatic rings. The zero-order chi connectivity index (χ0) is 14.5. The molecule has 1 rings (SSSR count). The van der Waals surface area contributed by atoms with E-state index in [1.54, 1.807) is 6.92 Å². The van der Waals surface area contributed by atoms with Crippen molar-refractivity contribution in [3.05, 3.63) is 0 Å². The van der Waals surface area contributed by atoms with Crippen LogP contribution in [0.2, 0.25) is 0 Å². The number of esters is 1. The van der Waals surface area contributed by atoms with Gasteiger partial charge in [0.2, 0.25) is 0 Å². The summed E-state index contributed by atoms with van der Waals surface area (Å²) in [7, 11) is -3.87. The zero-order valence-corrected chi connectivity index (χ0v) is 11.6. The Morgan fingerprint density at radius 2 is 2.26 bits per heavy atom. The molecule has 0 amide bonds. The number of carbonyl (C=O) groups excluding carboxylic acids is 1. The van der Waals surface area contributed by atoms with E-state index in [9.17, 15) is 13.2 Å². The fraction of sp³-hybridized carbons (Fsp3) is 0.900. The molecule has 1 aliphatic rings. The maximum absolute atomic E-state index is 12.0. The van der Waals surface area contributed by atoms with Crippen molar-refractivity contribution in [2.45, 2.75) is 31.9 Å². The van der Waals surface area contributed by atoms with Crippen molar-refractivity contribution < 1.29 is 28.2 Å². The van der Waals surface area contributed by atoms with Crippen molar-refractivity contribution in [3.8, 4) is 0 Å². The minimum atomic E-state index is -3.87. The number of rotatable bonds is 7. The van der Waals surface area contributed by atoms with Crippen LogP contribution in [0.5, 0.6) is 0 Å². The van der Waals surface area contributed by atoms with Gasteiger partial charge in [-0.2, -0.15) is 17.4 Å². The highest BCUT2D eigenvalue weighted by Gasteiger charge is 2.39. The average Bonchev–Trinajstić information content (AvgIpc) is 2.86. The molecule has 0 saturated carbocycles. The van der Waals surface area contributed by atoms with Gasteiger partial charge in [-0.05, 0) is 19.8 Å². The van der Waals surface area contributed by atoms with Crippen LogP contribution in [0.15, 0.2) is 0 Å². The minimum absolute atomic E-state index is 0.194. The first kappa shape index (κ1) is 16.3. The molecule has 19 heavy (non-hydrogen) atoms. The molecule has 2 unspecified atom stereocenters. The fourth-order valence-corrected chi connectivity index (χ4v) is 3.32. The Labute approximate surface area is 112 Å². The molecule has 0 bridgehead atoms. The molecule has 1 fully saturated rings. The molecule has 112 valence electrons. The Morgan fingerprint density at radius 3 is 2.84 bits per heavy atom. The summed E-state index contributed by atoms with van der Waals surface area (Å²) in [4.78, 5) is 11.7. The molecule has 8 nitrogen and oxygen atoms in total. The van der Waals surface area contributed by atoms with Gasteiger partial charge in [-0.15, -0.1) is 0 Å². The molecule has 0 aromatic carbocycles. The molecular weight excluding hydrogens is 276 g/mol. The second-order valence-electron chi connectivity index (χ2n) is 4.21. The van der Waals surface area contributed by atoms with E-state index < -0.39 is 34.9 Å². The van der Waals surface area contributed by atoms with E-state index in [-0.39, 0.29) is 19.7 Å². The van der Waals surface area contributed by atoms with E-state index in [1.807, 2.05) is 0 Å². The van der Waals surface area contributed by atoms with Crippen LogP contribution in [0.3, 0.4) is 0 Å². The topological polar surface area (TPSA) is 116 Å². The summed E-state index contributed by atoms with van der Waals surface area (Å²) in [6, 6.07) is -0.816. The number of carbonyl (C=O) groups is 1. The Kier molecular flexibility index (Phi) is 6.14. The zero-order valence-electron chi connectivity index (χ0n) is 10.8. The van der Waals surface area contributed by atoms with Crippen LogP contribution in [0.1, 0.15) is 19.8 Å². The number of nitrogens with one attached hydrogen (secondary N) is 1. The largest absolute Gasteiger partial charge is 0.465 e. The van der Waals surface area contributed by atoms with Crippen molar-refractivity contribution >= 4 is 16.2 Å². The smallest absolute Gasteiger partial charge is 0.324 e. The van der Waals surface area contributed by atoms with Gasteiger partial charge in [0.15, 0.2) is 0 Å². The van der Waals surface area contributed by atoms with Crippen LogP contribution in [-0.2, 0) is 19.7 Å². The highest BCUT2D eigenvalue weighted by Crippen LogP contribution is 2.21. The third-order valence-electron chi connectivity index (χ3n) is 2.78. The molecule has 3 N–H and O–H groups in total. The lowest BCUT2D eigenvalue weighted by Gasteiger charge is -2.23. The van der Waals surface area contributed by atoms with E-state index in [2.05, 4.69) is 4.72 Å². The van der Waals surface area contributed by atoms with E-state index in [0.717, 1.165) is 4.31 Å². The van der Waals surface area contributed by atoms with Gasteiger partial charge >= 0.3 is 5.97 Å². The van der Waals surface area contributed by atoms with Crippen molar-refractivity contribution in [1.82, 2.24) is 9.03 Å². The molecule has 2 atom stereocenters. The molecular formula is C10H20N2O6S. The van der Waals surface area contributed by atoms with Crippen LogP contribution in [0.25, 0.3) is 0 Å². The summed E-state index contributed by atoms with van der Waals surface area (Å²) in [6.45, 7) is 1.24. The summed E-state index contributed by atoms with van der Waals surface area (Å²) in [6.07, 6.45) is -0.173. The highest BCUT2D eigenvalue weighted by atomic mass is 32.2. The lowest BCUT2D eigenvalue weighted by molar-refractivity contribution is -0.146. The van der Waals surface area contributed by atoms with E-state index in [1.165, 1.54) is 0 Å². The monoisotopic (exact) mass is 296 g/mol. The van der Waals surface area contributed by atoms with Crippen molar-refractivity contribution in [2.24, 2.45) is 0 Å². The first-order valence-corrected chi connectivity index (χ1v) is 7.58. The molecule has 9 heteroatoms. The molecule has 0 aromatic heterocycles. The van der Waals surface area contributed by atoms with Crippen molar-refractivity contribution in [2.75, 3.05) is 26.3 Å². The van der Waals surface area contributed by atoms with Gasteiger partial charge in [0.05, 0.1) is 19.3 Å². The number of ether oxygens (including phenoxy) is 1. The quantitative estimate of drug-likeness (QED) is 0.477. The number of hydrogen-bond acceptors (Lipinski definition) is 6. The first-order chi connectivity index (χ1) is 8.92. The van der Waals surface area contributed by atoms with E-state index in [4.69, 9.17) is 14.9 Å². The van der Waals surface area contributed by atoms with Crippen LogP contribution in [-0.4, -0.2) is 67.4 Å². The van der Waals surface area contributed by atoms with Gasteiger partial charge < -0.3 is 14.9 Å². The molecule has 1 aliphatic heterocycles. The van der Waals surface area contributed by atoms with Crippen molar-refractivity contribution in [1.29, 1.82) is 0 Å². The Morgan fingerprint density at radius 1 is 1.58 bits per heavy atom. The normalized spacial score (nSPS) is 22.4. The molecule has 0 aliphatic carbocycles. The Balaban J connectivity index is 2.68. The second-order valence-corrected chi connectivity index (χ2v) is 5.92. The number of hydrogen-bond donors (Lipinski definition) is 3. The van der Waals surface area contributed by atoms with Crippen LogP contribution in [0.4, 0.5) is 0 Å². The van der Waals surface area contributed by atoms with Gasteiger partial charge in [0, 0.05) is 13.1 Å². The highest BCUT2D eigenvalue weighted by molar-refractivity contribution is 7.87. The number of aliphatic hydroxyl groups is 2. The minimum Gasteiger partial charge on any atom is -0.465 e. The average molecular weight is 296 g/mol. The maximum atomic E-state index is 12.0. The van der Waals surface area contributed by atoms with Crippen LogP contribution < -0.4 is 4.72 Å². The third-order valence-corrected chi connectivity index (χ3v) is 4.37. The number of aliphatic hydroxyl groups excluding tert-OH is 2. The Bertz CT molecular complexity index is 399. The van der Waals surface area contributed by atoms with Gasteiger partial charge in [0.1, 0.15) is 6.04 Å². The molecule has 0 spiro atoms. The van der Waals surface area contributed by atoms with Gasteiger partial charge in [0.25, 0.3) is 10.2 Å². The van der Waals surface area contributed by atoms with Gasteiger partial charge in [-0.3, -0.25) is 4.79 Å². The molecule has 1 heterocycles. The summed E-state index contributed by atoms with van der Waals surface area (Å²) in [5, 5.41) is 17.8. The standard InChI is InChI=1S/C10H20N2O6S/c1-2-18-10(15)9-4-3-5-12(9)19(16,17)11-6-8(14)7-13/h8-9,11,13-14H,2-7H2,1H3. The SMILES string of the molecule is CCOC(=O)C1CCCN1S(=O)(=O)NCC(O)CO. The summed E-state index contributed by atoms with van der Waals surface area (Å²) in [5.74, 6) is -0.562. The van der Waals surface area contributed by atoms with E-state index >= 15 is 0 Å². The second kappa shape index (κ2) is 7.15. The summed E-state index contributed by atoms with van der Waals surface area (Å²) < 4.78 is 32.0. The third kappa shape index (κ3) is 4.39. The molecule has 0 radical (unpaired) electrons. The first-order valence-electron chi connectivity index (χ1n) is 6.14. The predicted molar refractivity (Wildman–Crippen MR) is 66.4 cm³/mol. The summed E-state index contributed by atoms with van der Waals surface area (Å²) >= 11 is 0. The lowest BCUT2D eigenvalue weighted by Crippen LogP contribution is -2.48. The summed E-state index contributed by atoms with van der Waals surface area (Å²) in [5.41, 5.74) is 0. The van der Waals surface area contributed by atoms with E-state index in [0.29, 0.717) is 12.8 Å². The molecule has 1 saturated heterocycles. The lowest BCUT2D eigenvalue weighted by atomic mass is 10.2. The van der Waals surface area contributed by atoms with Crippen LogP contribution >= 0.6 is 0 Å². The number of nitrogens with zero attached hydrogens (tertiary/aromatic N) is 1. The maximum Gasteiger partial charge on any atom is 0.324 e. The van der Waals surface area contributed by atoms with Crippen molar-refractivity contribution in [3.63, 3.8) is 0 Å². The Hall–Kier alpha value is -0.740. The fourth-order valence-electron chi connectivity index (χ4n) is 1.85. The predicted octanol–water partition coefficient (Wildman–Crippen LogP) is -1.80.